The molecule has 1 saturated heterocycles. The van der Waals surface area contributed by atoms with E-state index in [2.05, 4.69) is 21.3 Å². The number of amides is 6. The van der Waals surface area contributed by atoms with E-state index in [0.29, 0.717) is 124 Å². The number of alkyl carbamates (subject to hydrolysis) is 1. The number of rotatable bonds is 44. The van der Waals surface area contributed by atoms with Crippen molar-refractivity contribution < 1.29 is 90.5 Å². The van der Waals surface area contributed by atoms with Gasteiger partial charge in [-0.2, -0.15) is 0 Å². The molecule has 0 saturated carbocycles. The fourth-order valence-corrected chi connectivity index (χ4v) is 5.97. The van der Waals surface area contributed by atoms with Gasteiger partial charge in [-0.3, -0.25) is 24.0 Å². The van der Waals surface area contributed by atoms with Crippen molar-refractivity contribution in [3.63, 3.8) is 0 Å². The smallest absolute Gasteiger partial charge is 0.408 e. The molecular weight excluding hydrogens is 939 g/mol. The summed E-state index contributed by atoms with van der Waals surface area (Å²) in [7, 11) is 1.63. The number of hydrogen-bond donors (Lipinski definition) is 4. The molecule has 0 unspecified atom stereocenters. The molecule has 24 nitrogen and oxygen atoms in total. The van der Waals surface area contributed by atoms with Crippen molar-refractivity contribution in [1.29, 1.82) is 0 Å². The number of benzene rings is 1. The summed E-state index contributed by atoms with van der Waals surface area (Å²) in [6.45, 7) is 12.5. The van der Waals surface area contributed by atoms with Crippen molar-refractivity contribution in [2.24, 2.45) is 5.92 Å². The van der Waals surface area contributed by atoms with Gasteiger partial charge in [-0.05, 0) is 37.7 Å². The lowest BCUT2D eigenvalue weighted by molar-refractivity contribution is -0.198. The van der Waals surface area contributed by atoms with E-state index in [9.17, 15) is 33.6 Å². The Bertz CT molecular complexity index is 1630. The topological polar surface area (TPSA) is 282 Å². The number of carbonyl (C=O) groups is 7. The van der Waals surface area contributed by atoms with Gasteiger partial charge in [0.05, 0.1) is 119 Å². The molecular formula is C47H77N5O19. The third-order valence-corrected chi connectivity index (χ3v) is 9.85. The molecule has 0 radical (unpaired) electrons. The molecule has 0 aromatic heterocycles. The summed E-state index contributed by atoms with van der Waals surface area (Å²) >= 11 is 0. The molecule has 6 amide bonds. The fraction of sp³-hybridized carbons (Fsp3) is 0.723. The van der Waals surface area contributed by atoms with Gasteiger partial charge in [-0.1, -0.05) is 44.2 Å². The van der Waals surface area contributed by atoms with Crippen molar-refractivity contribution in [1.82, 2.24) is 26.3 Å². The summed E-state index contributed by atoms with van der Waals surface area (Å²) < 4.78 is 59.2. The van der Waals surface area contributed by atoms with Crippen LogP contribution in [0.4, 0.5) is 4.79 Å². The van der Waals surface area contributed by atoms with Gasteiger partial charge in [0.2, 0.25) is 17.7 Å². The van der Waals surface area contributed by atoms with Crippen molar-refractivity contribution in [3.8, 4) is 0 Å². The highest BCUT2D eigenvalue weighted by molar-refractivity contribution is 6.02. The van der Waals surface area contributed by atoms with Crippen LogP contribution in [0.5, 0.6) is 0 Å². The number of ether oxygens (including phenoxy) is 11. The summed E-state index contributed by atoms with van der Waals surface area (Å²) in [5.74, 6) is -4.64. The molecule has 3 atom stereocenters. The van der Waals surface area contributed by atoms with Gasteiger partial charge < -0.3 is 78.2 Å². The number of methoxy groups -OCH3 is 1. The number of hydrogen-bond acceptors (Lipinski definition) is 19. The van der Waals surface area contributed by atoms with E-state index in [0.717, 1.165) is 5.56 Å². The van der Waals surface area contributed by atoms with Crippen molar-refractivity contribution in [2.45, 2.75) is 77.6 Å². The van der Waals surface area contributed by atoms with Crippen LogP contribution in [0.25, 0.3) is 0 Å². The summed E-state index contributed by atoms with van der Waals surface area (Å²) in [4.78, 5) is 93.2. The lowest BCUT2D eigenvalue weighted by atomic mass is 10.0. The largest absolute Gasteiger partial charge is 0.445 e. The number of carbonyl (C=O) groups excluding carboxylic acids is 7. The van der Waals surface area contributed by atoms with Crippen LogP contribution in [0.2, 0.25) is 0 Å². The van der Waals surface area contributed by atoms with E-state index in [-0.39, 0.29) is 58.1 Å². The molecule has 4 N–H and O–H groups in total. The first-order valence-corrected chi connectivity index (χ1v) is 24.0. The van der Waals surface area contributed by atoms with E-state index in [4.69, 9.17) is 56.9 Å². The Morgan fingerprint density at radius 1 is 0.577 bits per heavy atom. The van der Waals surface area contributed by atoms with E-state index in [1.807, 2.05) is 6.07 Å². The van der Waals surface area contributed by atoms with E-state index >= 15 is 0 Å². The van der Waals surface area contributed by atoms with Crippen LogP contribution >= 0.6 is 0 Å². The highest BCUT2D eigenvalue weighted by Gasteiger charge is 2.36. The van der Waals surface area contributed by atoms with Gasteiger partial charge in [0.1, 0.15) is 31.3 Å². The monoisotopic (exact) mass is 1020 g/mol. The molecule has 0 aliphatic carbocycles. The number of imide groups is 1. The Morgan fingerprint density at radius 3 is 1.51 bits per heavy atom. The minimum atomic E-state index is -1.28. The maximum Gasteiger partial charge on any atom is 0.408 e. The Hall–Kier alpha value is -4.89. The first kappa shape index (κ1) is 62.2. The van der Waals surface area contributed by atoms with Gasteiger partial charge in [-0.25, -0.2) is 9.59 Å². The molecule has 1 heterocycles. The molecule has 0 bridgehead atoms. The van der Waals surface area contributed by atoms with Crippen LogP contribution < -0.4 is 21.3 Å². The second-order valence-electron chi connectivity index (χ2n) is 16.0. The zero-order chi connectivity index (χ0) is 51.7. The molecule has 0 spiro atoms. The molecule has 1 aromatic carbocycles. The minimum absolute atomic E-state index is 0.0492. The van der Waals surface area contributed by atoms with Crippen molar-refractivity contribution >= 4 is 41.6 Å². The van der Waals surface area contributed by atoms with Crippen molar-refractivity contribution in [3.05, 3.63) is 35.9 Å². The summed E-state index contributed by atoms with van der Waals surface area (Å²) in [5, 5.41) is 10.8. The molecule has 1 aliphatic rings. The molecule has 1 aliphatic heterocycles. The number of nitrogens with zero attached hydrogens (tertiary/aromatic N) is 1. The Kier molecular flexibility index (Phi) is 35.7. The fourth-order valence-electron chi connectivity index (χ4n) is 5.97. The van der Waals surface area contributed by atoms with Crippen LogP contribution in [0.15, 0.2) is 30.3 Å². The first-order valence-electron chi connectivity index (χ1n) is 24.0. The zero-order valence-corrected chi connectivity index (χ0v) is 41.8. The van der Waals surface area contributed by atoms with Gasteiger partial charge in [-0.15, -0.1) is 5.06 Å². The Labute approximate surface area is 416 Å². The van der Waals surface area contributed by atoms with Crippen LogP contribution in [-0.2, 0) is 92.3 Å². The maximum atomic E-state index is 13.6. The van der Waals surface area contributed by atoms with E-state index in [1.54, 1.807) is 45.2 Å². The standard InChI is InChI=1S/C47H77N5O19/c1-36(2)43(45(57)49-37(3)46(58)71-52-41(54)13-14-42(52)55)51-44(56)39(50-47(59)70-34-38-10-6-5-7-11-38)12-8-9-15-48-40(53)35-69-33-32-68-31-30-67-29-28-66-27-26-65-25-24-64-23-22-63-21-20-62-19-18-61-17-16-60-4/h5-7,10-11,36-37,39,43H,8-9,12-35H2,1-4H3,(H,48,53)(H,49,57)(H,50,59)(H,51,56)/t37-,39-,43-/m0/s1. The number of hydroxylamine groups is 2. The molecule has 404 valence electrons. The van der Waals surface area contributed by atoms with Gasteiger partial charge in [0, 0.05) is 26.5 Å². The molecule has 1 aromatic rings. The van der Waals surface area contributed by atoms with Crippen LogP contribution in [0, 0.1) is 5.92 Å². The Morgan fingerprint density at radius 2 is 1.04 bits per heavy atom. The molecule has 24 heteroatoms. The van der Waals surface area contributed by atoms with Gasteiger partial charge >= 0.3 is 12.1 Å². The second-order valence-corrected chi connectivity index (χ2v) is 16.0. The van der Waals surface area contributed by atoms with Crippen molar-refractivity contribution in [2.75, 3.05) is 139 Å². The SMILES string of the molecule is COCCOCCOCCOCCOCCOCCOCCOCCOCCOCC(=O)NCCCC[C@H](NC(=O)OCc1ccccc1)C(=O)N[C@H](C(=O)N[C@@H](C)C(=O)ON1C(=O)CCC1=O)C(C)C. The molecule has 71 heavy (non-hydrogen) atoms. The molecule has 2 rings (SSSR count). The van der Waals surface area contributed by atoms with Crippen LogP contribution in [0.3, 0.4) is 0 Å². The van der Waals surface area contributed by atoms with Crippen LogP contribution in [-0.4, -0.2) is 204 Å². The number of nitrogens with one attached hydrogen (secondary N) is 4. The summed E-state index contributed by atoms with van der Waals surface area (Å²) in [6, 6.07) is 5.36. The predicted octanol–water partition coefficient (Wildman–Crippen LogP) is 0.616. The maximum absolute atomic E-state index is 13.6. The number of unbranched alkanes of at least 4 members (excludes halogenated alkanes) is 1. The summed E-state index contributed by atoms with van der Waals surface area (Å²) in [6.07, 6.45) is -0.113. The molecule has 1 fully saturated rings. The lowest BCUT2D eigenvalue weighted by Crippen LogP contribution is -2.57. The third-order valence-electron chi connectivity index (χ3n) is 9.85. The van der Waals surface area contributed by atoms with Gasteiger partial charge in [0.25, 0.3) is 11.8 Å². The second kappa shape index (κ2) is 40.7. The minimum Gasteiger partial charge on any atom is -0.445 e. The summed E-state index contributed by atoms with van der Waals surface area (Å²) in [5.41, 5.74) is 0.730. The lowest BCUT2D eigenvalue weighted by Gasteiger charge is -2.26. The van der Waals surface area contributed by atoms with E-state index in [1.165, 1.54) is 6.92 Å². The quantitative estimate of drug-likeness (QED) is 0.0515. The highest BCUT2D eigenvalue weighted by Crippen LogP contribution is 2.13. The Balaban J connectivity index is 1.54. The zero-order valence-electron chi connectivity index (χ0n) is 41.8. The normalized spacial score (nSPS) is 13.7. The first-order chi connectivity index (χ1) is 34.4. The predicted molar refractivity (Wildman–Crippen MR) is 251 cm³/mol. The van der Waals surface area contributed by atoms with E-state index < -0.39 is 59.7 Å². The van der Waals surface area contributed by atoms with Gasteiger partial charge in [0.15, 0.2) is 0 Å². The average Bonchev–Trinajstić information content (AvgIpc) is 3.67. The van der Waals surface area contributed by atoms with Crippen LogP contribution in [0.1, 0.15) is 58.4 Å². The average molecular weight is 1020 g/mol. The highest BCUT2D eigenvalue weighted by atomic mass is 16.7. The third kappa shape index (κ3) is 31.2.